The zero-order valence-electron chi connectivity index (χ0n) is 15.7. The molecule has 2 fully saturated rings. The van der Waals surface area contributed by atoms with Crippen LogP contribution >= 0.6 is 23.4 Å². The molecule has 9 heteroatoms. The second-order valence-electron chi connectivity index (χ2n) is 7.35. The van der Waals surface area contributed by atoms with E-state index in [1.54, 1.807) is 22.7 Å². The van der Waals surface area contributed by atoms with Crippen LogP contribution < -0.4 is 0 Å². The first kappa shape index (κ1) is 19.4. The number of hydrogen-bond donors (Lipinski definition) is 0. The van der Waals surface area contributed by atoms with Gasteiger partial charge in [-0.05, 0) is 48.6 Å². The Labute approximate surface area is 172 Å². The third kappa shape index (κ3) is 3.43. The van der Waals surface area contributed by atoms with Crippen molar-refractivity contribution in [2.75, 3.05) is 12.8 Å². The number of benzene rings is 1. The summed E-state index contributed by atoms with van der Waals surface area (Å²) in [6.45, 7) is 0. The molecule has 148 valence electrons. The van der Waals surface area contributed by atoms with Crippen LogP contribution in [0.15, 0.2) is 29.4 Å². The fraction of sp³-hybridized carbons (Fsp3) is 0.526. The first-order valence-corrected chi connectivity index (χ1v) is 10.9. The van der Waals surface area contributed by atoms with Gasteiger partial charge in [-0.15, -0.1) is 5.10 Å². The number of ketones is 1. The van der Waals surface area contributed by atoms with Crippen LogP contribution in [0.5, 0.6) is 0 Å². The molecule has 0 N–H and O–H groups in total. The van der Waals surface area contributed by atoms with E-state index < -0.39 is 5.54 Å². The summed E-state index contributed by atoms with van der Waals surface area (Å²) in [6.07, 6.45) is 4.89. The third-order valence-electron chi connectivity index (χ3n) is 5.60. The monoisotopic (exact) mass is 419 g/mol. The van der Waals surface area contributed by atoms with E-state index in [9.17, 15) is 9.59 Å². The molecule has 4 rings (SSSR count). The van der Waals surface area contributed by atoms with Crippen molar-refractivity contribution in [1.82, 2.24) is 25.1 Å². The average Bonchev–Trinajstić information content (AvgIpc) is 3.44. The molecule has 2 aromatic rings. The zero-order chi connectivity index (χ0) is 19.7. The van der Waals surface area contributed by atoms with Gasteiger partial charge < -0.3 is 4.90 Å². The van der Waals surface area contributed by atoms with Crippen molar-refractivity contribution in [1.29, 1.82) is 0 Å². The maximum absolute atomic E-state index is 13.1. The molecule has 0 bridgehead atoms. The lowest BCUT2D eigenvalue weighted by Gasteiger charge is -2.44. The van der Waals surface area contributed by atoms with Gasteiger partial charge in [-0.25, -0.2) is 4.68 Å². The van der Waals surface area contributed by atoms with Crippen LogP contribution in [-0.4, -0.2) is 49.6 Å². The van der Waals surface area contributed by atoms with E-state index in [2.05, 4.69) is 15.5 Å². The van der Waals surface area contributed by atoms with Crippen LogP contribution in [-0.2, 0) is 15.1 Å². The molecule has 0 aliphatic heterocycles. The Morgan fingerprint density at radius 1 is 1.36 bits per heavy atom. The number of Topliss-reactive ketones (excluding diaryl/α,β-unsaturated/α-hetero) is 1. The van der Waals surface area contributed by atoms with Crippen LogP contribution in [0, 0.1) is 0 Å². The summed E-state index contributed by atoms with van der Waals surface area (Å²) in [5, 5.41) is 12.9. The number of carbonyl (C=O) groups is 2. The van der Waals surface area contributed by atoms with Crippen molar-refractivity contribution in [3.63, 3.8) is 0 Å². The van der Waals surface area contributed by atoms with E-state index in [1.807, 2.05) is 18.2 Å². The predicted octanol–water partition coefficient (Wildman–Crippen LogP) is 3.25. The highest BCUT2D eigenvalue weighted by Crippen LogP contribution is 2.42. The highest BCUT2D eigenvalue weighted by Gasteiger charge is 2.47. The molecule has 1 amide bonds. The lowest BCUT2D eigenvalue weighted by molar-refractivity contribution is -0.146. The second-order valence-corrected chi connectivity index (χ2v) is 8.70. The first-order chi connectivity index (χ1) is 13.5. The third-order valence-corrected chi connectivity index (χ3v) is 6.85. The molecule has 1 aromatic heterocycles. The summed E-state index contributed by atoms with van der Waals surface area (Å²) in [5.41, 5.74) is -0.290. The number of halogens is 1. The van der Waals surface area contributed by atoms with Crippen molar-refractivity contribution < 1.29 is 9.59 Å². The summed E-state index contributed by atoms with van der Waals surface area (Å²) in [4.78, 5) is 27.8. The molecular formula is C19H22ClN5O2S. The summed E-state index contributed by atoms with van der Waals surface area (Å²) in [5.74, 6) is 0.0873. The summed E-state index contributed by atoms with van der Waals surface area (Å²) in [7, 11) is 1.71. The zero-order valence-corrected chi connectivity index (χ0v) is 17.2. The fourth-order valence-electron chi connectivity index (χ4n) is 3.89. The number of nitrogens with zero attached hydrogens (tertiary/aromatic N) is 5. The smallest absolute Gasteiger partial charge is 0.233 e. The second kappa shape index (κ2) is 7.83. The van der Waals surface area contributed by atoms with E-state index in [-0.39, 0.29) is 17.4 Å². The average molecular weight is 420 g/mol. The Hall–Kier alpha value is -1.93. The largest absolute Gasteiger partial charge is 0.328 e. The molecule has 1 atom stereocenters. The number of hydrogen-bond acceptors (Lipinski definition) is 6. The summed E-state index contributed by atoms with van der Waals surface area (Å²) >= 11 is 7.77. The van der Waals surface area contributed by atoms with E-state index in [4.69, 9.17) is 11.6 Å². The van der Waals surface area contributed by atoms with E-state index in [0.29, 0.717) is 34.6 Å². The van der Waals surface area contributed by atoms with E-state index in [1.165, 1.54) is 11.8 Å². The van der Waals surface area contributed by atoms with Crippen molar-refractivity contribution in [3.05, 3.63) is 34.9 Å². The SMILES string of the molecule is CN(C(=O)CSc1nnnn1C1CC1)[C@@]1(c2ccccc2Cl)CCCCC1=O. The minimum absolute atomic E-state index is 0.0514. The molecule has 0 spiro atoms. The minimum Gasteiger partial charge on any atom is -0.328 e. The molecule has 0 saturated heterocycles. The van der Waals surface area contributed by atoms with Crippen molar-refractivity contribution in [3.8, 4) is 0 Å². The van der Waals surface area contributed by atoms with Gasteiger partial charge in [-0.3, -0.25) is 9.59 Å². The molecule has 2 aliphatic rings. The summed E-state index contributed by atoms with van der Waals surface area (Å²) < 4.78 is 1.79. The van der Waals surface area contributed by atoms with Crippen LogP contribution in [0.1, 0.15) is 50.1 Å². The maximum Gasteiger partial charge on any atom is 0.233 e. The molecule has 2 saturated carbocycles. The predicted molar refractivity (Wildman–Crippen MR) is 106 cm³/mol. The number of amides is 1. The quantitative estimate of drug-likeness (QED) is 0.668. The van der Waals surface area contributed by atoms with Gasteiger partial charge in [0, 0.05) is 24.1 Å². The Kier molecular flexibility index (Phi) is 5.42. The Morgan fingerprint density at radius 3 is 2.86 bits per heavy atom. The number of likely N-dealkylation sites (N-methyl/N-ethyl adjacent to an activating group) is 1. The molecule has 0 radical (unpaired) electrons. The fourth-order valence-corrected chi connectivity index (χ4v) is 5.04. The van der Waals surface area contributed by atoms with Crippen LogP contribution in [0.25, 0.3) is 0 Å². The number of tetrazole rings is 1. The highest BCUT2D eigenvalue weighted by molar-refractivity contribution is 7.99. The minimum atomic E-state index is -1.00. The topological polar surface area (TPSA) is 81.0 Å². The van der Waals surface area contributed by atoms with Crippen molar-refractivity contribution in [2.45, 2.75) is 55.3 Å². The van der Waals surface area contributed by atoms with E-state index >= 15 is 0 Å². The molecular weight excluding hydrogens is 398 g/mol. The van der Waals surface area contributed by atoms with Gasteiger partial charge in [-0.2, -0.15) is 0 Å². The van der Waals surface area contributed by atoms with Gasteiger partial charge in [0.2, 0.25) is 11.1 Å². The van der Waals surface area contributed by atoms with Crippen LogP contribution in [0.4, 0.5) is 0 Å². The maximum atomic E-state index is 13.1. The van der Waals surface area contributed by atoms with Gasteiger partial charge in [-0.1, -0.05) is 41.6 Å². The Bertz CT molecular complexity index is 900. The Morgan fingerprint density at radius 2 is 2.14 bits per heavy atom. The molecule has 28 heavy (non-hydrogen) atoms. The Balaban J connectivity index is 1.57. The number of aromatic nitrogens is 4. The molecule has 2 aliphatic carbocycles. The standard InChI is InChI=1S/C19H22ClN5O2S/c1-24(17(27)12-28-18-21-22-23-25(18)13-9-10-13)19(11-5-4-8-16(19)26)14-6-2-3-7-15(14)20/h2-3,6-7,13H,4-5,8-12H2,1H3/t19-/m1/s1. The van der Waals surface area contributed by atoms with E-state index in [0.717, 1.165) is 25.7 Å². The molecule has 0 unspecified atom stereocenters. The van der Waals surface area contributed by atoms with Gasteiger partial charge in [0.1, 0.15) is 5.54 Å². The van der Waals surface area contributed by atoms with Gasteiger partial charge in [0.15, 0.2) is 5.78 Å². The molecule has 1 heterocycles. The normalized spacial score (nSPS) is 22.3. The van der Waals surface area contributed by atoms with Crippen molar-refractivity contribution >= 4 is 35.1 Å². The highest BCUT2D eigenvalue weighted by atomic mass is 35.5. The molecule has 1 aromatic carbocycles. The number of thioether (sulfide) groups is 1. The number of rotatable bonds is 6. The van der Waals surface area contributed by atoms with Gasteiger partial charge in [0.25, 0.3) is 0 Å². The van der Waals surface area contributed by atoms with Crippen LogP contribution in [0.2, 0.25) is 5.02 Å². The lowest BCUT2D eigenvalue weighted by atomic mass is 9.74. The number of carbonyl (C=O) groups excluding carboxylic acids is 2. The molecule has 7 nitrogen and oxygen atoms in total. The summed E-state index contributed by atoms with van der Waals surface area (Å²) in [6, 6.07) is 7.68. The van der Waals surface area contributed by atoms with Crippen LogP contribution in [0.3, 0.4) is 0 Å². The van der Waals surface area contributed by atoms with Gasteiger partial charge in [0.05, 0.1) is 11.8 Å². The lowest BCUT2D eigenvalue weighted by Crippen LogP contribution is -2.54. The first-order valence-electron chi connectivity index (χ1n) is 9.49. The van der Waals surface area contributed by atoms with Crippen molar-refractivity contribution in [2.24, 2.45) is 0 Å². The van der Waals surface area contributed by atoms with Gasteiger partial charge >= 0.3 is 0 Å².